The molecule has 3 aromatic carbocycles. The SMILES string of the molecule is CCN(C(=O)c1cccc(NC2=C(Cl)C(=O)N(c3ccc(C(C)C)cc3)C2=O)c1)c1ccccc1. The van der Waals surface area contributed by atoms with Crippen LogP contribution in [-0.2, 0) is 9.59 Å². The Morgan fingerprint density at radius 3 is 2.26 bits per heavy atom. The summed E-state index contributed by atoms with van der Waals surface area (Å²) in [5.74, 6) is -0.991. The minimum atomic E-state index is -0.593. The van der Waals surface area contributed by atoms with E-state index in [1.165, 1.54) is 0 Å². The third kappa shape index (κ3) is 4.84. The molecule has 7 heteroatoms. The van der Waals surface area contributed by atoms with Gasteiger partial charge >= 0.3 is 0 Å². The van der Waals surface area contributed by atoms with Crippen molar-refractivity contribution in [2.24, 2.45) is 0 Å². The average molecular weight is 488 g/mol. The van der Waals surface area contributed by atoms with Crippen molar-refractivity contribution in [1.29, 1.82) is 0 Å². The van der Waals surface area contributed by atoms with Crippen molar-refractivity contribution in [3.63, 3.8) is 0 Å². The van der Waals surface area contributed by atoms with Crippen molar-refractivity contribution >= 4 is 46.4 Å². The van der Waals surface area contributed by atoms with Crippen LogP contribution in [0.3, 0.4) is 0 Å². The second-order valence-corrected chi connectivity index (χ2v) is 8.85. The fourth-order valence-corrected chi connectivity index (χ4v) is 4.15. The van der Waals surface area contributed by atoms with E-state index in [9.17, 15) is 14.4 Å². The Labute approximate surface area is 209 Å². The molecule has 0 atom stereocenters. The third-order valence-electron chi connectivity index (χ3n) is 5.85. The summed E-state index contributed by atoms with van der Waals surface area (Å²) >= 11 is 6.28. The van der Waals surface area contributed by atoms with Gasteiger partial charge in [0, 0.05) is 23.5 Å². The zero-order valence-corrected chi connectivity index (χ0v) is 20.5. The molecule has 0 radical (unpaired) electrons. The topological polar surface area (TPSA) is 69.7 Å². The van der Waals surface area contributed by atoms with Crippen LogP contribution in [0.5, 0.6) is 0 Å². The maximum absolute atomic E-state index is 13.2. The first-order valence-corrected chi connectivity index (χ1v) is 11.8. The number of anilines is 3. The van der Waals surface area contributed by atoms with Crippen LogP contribution in [0.1, 0.15) is 42.6 Å². The maximum Gasteiger partial charge on any atom is 0.283 e. The number of rotatable bonds is 7. The van der Waals surface area contributed by atoms with Gasteiger partial charge in [0.15, 0.2) is 0 Å². The molecule has 0 spiro atoms. The number of nitrogens with one attached hydrogen (secondary N) is 1. The van der Waals surface area contributed by atoms with E-state index in [2.05, 4.69) is 19.2 Å². The molecule has 1 N–H and O–H groups in total. The summed E-state index contributed by atoms with van der Waals surface area (Å²) in [6.07, 6.45) is 0. The lowest BCUT2D eigenvalue weighted by Gasteiger charge is -2.21. The number of hydrogen-bond donors (Lipinski definition) is 1. The molecule has 0 fully saturated rings. The molecule has 1 heterocycles. The highest BCUT2D eigenvalue weighted by atomic mass is 35.5. The molecule has 0 bridgehead atoms. The van der Waals surface area contributed by atoms with Crippen LogP contribution in [0.2, 0.25) is 0 Å². The molecule has 4 rings (SSSR count). The Morgan fingerprint density at radius 2 is 1.63 bits per heavy atom. The molecule has 35 heavy (non-hydrogen) atoms. The molecule has 0 unspecified atom stereocenters. The van der Waals surface area contributed by atoms with Gasteiger partial charge in [-0.2, -0.15) is 0 Å². The summed E-state index contributed by atoms with van der Waals surface area (Å²) in [6, 6.07) is 23.4. The minimum Gasteiger partial charge on any atom is -0.350 e. The Morgan fingerprint density at radius 1 is 0.943 bits per heavy atom. The number of benzene rings is 3. The maximum atomic E-state index is 13.2. The van der Waals surface area contributed by atoms with E-state index >= 15 is 0 Å². The Hall–Kier alpha value is -3.90. The number of para-hydroxylation sites is 1. The van der Waals surface area contributed by atoms with Crippen molar-refractivity contribution in [1.82, 2.24) is 0 Å². The van der Waals surface area contributed by atoms with Crippen molar-refractivity contribution in [2.75, 3.05) is 21.7 Å². The molecular weight excluding hydrogens is 462 g/mol. The number of nitrogens with zero attached hydrogens (tertiary/aromatic N) is 2. The largest absolute Gasteiger partial charge is 0.350 e. The molecule has 178 valence electrons. The zero-order chi connectivity index (χ0) is 25.1. The summed E-state index contributed by atoms with van der Waals surface area (Å²) in [7, 11) is 0. The highest BCUT2D eigenvalue weighted by molar-refractivity contribution is 6.53. The van der Waals surface area contributed by atoms with Gasteiger partial charge in [-0.05, 0) is 60.9 Å². The molecule has 3 amide bonds. The third-order valence-corrected chi connectivity index (χ3v) is 6.20. The second kappa shape index (κ2) is 10.2. The first kappa shape index (κ1) is 24.2. The van der Waals surface area contributed by atoms with Crippen LogP contribution in [0, 0.1) is 0 Å². The van der Waals surface area contributed by atoms with Gasteiger partial charge in [0.1, 0.15) is 10.7 Å². The van der Waals surface area contributed by atoms with Crippen LogP contribution in [-0.4, -0.2) is 24.3 Å². The van der Waals surface area contributed by atoms with Crippen LogP contribution < -0.4 is 15.1 Å². The molecule has 6 nitrogen and oxygen atoms in total. The second-order valence-electron chi connectivity index (χ2n) is 8.47. The first-order valence-electron chi connectivity index (χ1n) is 11.4. The van der Waals surface area contributed by atoms with Gasteiger partial charge in [-0.25, -0.2) is 4.90 Å². The Bertz CT molecular complexity index is 1300. The van der Waals surface area contributed by atoms with E-state index in [1.807, 2.05) is 49.4 Å². The number of amides is 3. The van der Waals surface area contributed by atoms with Gasteiger partial charge in [-0.1, -0.05) is 61.8 Å². The van der Waals surface area contributed by atoms with Crippen molar-refractivity contribution in [2.45, 2.75) is 26.7 Å². The van der Waals surface area contributed by atoms with Crippen molar-refractivity contribution in [3.05, 3.63) is 101 Å². The van der Waals surface area contributed by atoms with Gasteiger partial charge in [0.2, 0.25) is 0 Å². The van der Waals surface area contributed by atoms with E-state index in [0.717, 1.165) is 16.2 Å². The smallest absolute Gasteiger partial charge is 0.283 e. The van der Waals surface area contributed by atoms with E-state index in [4.69, 9.17) is 11.6 Å². The fraction of sp³-hybridized carbons (Fsp3) is 0.179. The summed E-state index contributed by atoms with van der Waals surface area (Å²) < 4.78 is 0. The molecule has 0 saturated carbocycles. The Balaban J connectivity index is 1.56. The lowest BCUT2D eigenvalue weighted by molar-refractivity contribution is -0.120. The molecule has 1 aliphatic heterocycles. The van der Waals surface area contributed by atoms with E-state index in [0.29, 0.717) is 29.4 Å². The highest BCUT2D eigenvalue weighted by Crippen LogP contribution is 2.31. The number of carbonyl (C=O) groups is 3. The van der Waals surface area contributed by atoms with E-state index in [-0.39, 0.29) is 16.6 Å². The minimum absolute atomic E-state index is 0.0235. The van der Waals surface area contributed by atoms with Crippen LogP contribution in [0.15, 0.2) is 89.6 Å². The van der Waals surface area contributed by atoms with Gasteiger partial charge < -0.3 is 10.2 Å². The van der Waals surface area contributed by atoms with E-state index in [1.54, 1.807) is 41.3 Å². The van der Waals surface area contributed by atoms with E-state index < -0.39 is 11.8 Å². The quantitative estimate of drug-likeness (QED) is 0.420. The van der Waals surface area contributed by atoms with Crippen molar-refractivity contribution < 1.29 is 14.4 Å². The normalized spacial score (nSPS) is 13.6. The van der Waals surface area contributed by atoms with Gasteiger partial charge in [-0.15, -0.1) is 0 Å². The number of halogens is 1. The molecule has 0 aromatic heterocycles. The predicted molar refractivity (Wildman–Crippen MR) is 140 cm³/mol. The molecule has 0 saturated heterocycles. The summed E-state index contributed by atoms with van der Waals surface area (Å²) in [5, 5.41) is 2.76. The zero-order valence-electron chi connectivity index (χ0n) is 19.8. The highest BCUT2D eigenvalue weighted by Gasteiger charge is 2.39. The molecule has 3 aromatic rings. The van der Waals surface area contributed by atoms with Crippen LogP contribution in [0.4, 0.5) is 17.1 Å². The summed E-state index contributed by atoms with van der Waals surface area (Å²) in [5.41, 5.74) is 3.24. The standard InChI is InChI=1S/C28H26ClN3O3/c1-4-31(22-11-6-5-7-12-22)26(33)20-9-8-10-21(17-20)30-25-24(29)27(34)32(28(25)35)23-15-13-19(14-16-23)18(2)3/h5-18,30H,4H2,1-3H3. The van der Waals surface area contributed by atoms with Crippen LogP contribution in [0.25, 0.3) is 0 Å². The molecular formula is C28H26ClN3O3. The molecule has 0 aliphatic carbocycles. The summed E-state index contributed by atoms with van der Waals surface area (Å²) in [6.45, 7) is 6.54. The monoisotopic (exact) mass is 487 g/mol. The Kier molecular flexibility index (Phi) is 7.03. The van der Waals surface area contributed by atoms with Crippen LogP contribution >= 0.6 is 11.6 Å². The first-order chi connectivity index (χ1) is 16.8. The average Bonchev–Trinajstić information content (AvgIpc) is 3.08. The fourth-order valence-electron chi connectivity index (χ4n) is 3.94. The van der Waals surface area contributed by atoms with Gasteiger partial charge in [0.05, 0.1) is 5.69 Å². The number of imide groups is 1. The molecule has 1 aliphatic rings. The summed E-state index contributed by atoms with van der Waals surface area (Å²) in [4.78, 5) is 41.9. The lowest BCUT2D eigenvalue weighted by Crippen LogP contribution is -2.32. The van der Waals surface area contributed by atoms with Gasteiger partial charge in [-0.3, -0.25) is 14.4 Å². The van der Waals surface area contributed by atoms with Gasteiger partial charge in [0.25, 0.3) is 17.7 Å². The number of carbonyl (C=O) groups excluding carboxylic acids is 3. The lowest BCUT2D eigenvalue weighted by atomic mass is 10.0. The predicted octanol–water partition coefficient (Wildman–Crippen LogP) is 5.91. The van der Waals surface area contributed by atoms with Crippen molar-refractivity contribution in [3.8, 4) is 0 Å². The number of hydrogen-bond acceptors (Lipinski definition) is 4.